The van der Waals surface area contributed by atoms with Crippen LogP contribution in [-0.2, 0) is 11.3 Å². The van der Waals surface area contributed by atoms with Crippen molar-refractivity contribution in [3.05, 3.63) is 48.0 Å². The van der Waals surface area contributed by atoms with E-state index < -0.39 is 0 Å². The van der Waals surface area contributed by atoms with Crippen LogP contribution in [0.5, 0.6) is 0 Å². The van der Waals surface area contributed by atoms with E-state index in [9.17, 15) is 4.79 Å². The molecule has 200 valence electrons. The second-order valence-electron chi connectivity index (χ2n) is 9.88. The Morgan fingerprint density at radius 3 is 2.06 bits per heavy atom. The average Bonchev–Trinajstić information content (AvgIpc) is 2.87. The number of carbonyl (C=O) groups excluding carboxylic acids is 1. The summed E-state index contributed by atoms with van der Waals surface area (Å²) in [5.41, 5.74) is 1.29. The predicted molar refractivity (Wildman–Crippen MR) is 151 cm³/mol. The van der Waals surface area contributed by atoms with Gasteiger partial charge in [-0.15, -0.1) is 0 Å². The van der Waals surface area contributed by atoms with Crippen LogP contribution >= 0.6 is 0 Å². The van der Waals surface area contributed by atoms with Gasteiger partial charge in [0.25, 0.3) is 0 Å². The maximum Gasteiger partial charge on any atom is 0.219 e. The van der Waals surface area contributed by atoms with E-state index in [2.05, 4.69) is 53.6 Å². The molecule has 2 N–H and O–H groups in total. The fourth-order valence-corrected chi connectivity index (χ4v) is 4.38. The molecule has 35 heavy (non-hydrogen) atoms. The highest BCUT2D eigenvalue weighted by molar-refractivity contribution is 5.75. The summed E-state index contributed by atoms with van der Waals surface area (Å²) in [5.74, 6) is 0.188. The van der Waals surface area contributed by atoms with Crippen LogP contribution in [0.3, 0.4) is 0 Å². The number of amides is 1. The minimum Gasteiger partial charge on any atom is -0.396 e. The van der Waals surface area contributed by atoms with Gasteiger partial charge in [0.2, 0.25) is 5.91 Å². The Morgan fingerprint density at radius 2 is 1.40 bits per heavy atom. The molecule has 0 heterocycles. The largest absolute Gasteiger partial charge is 0.396 e. The summed E-state index contributed by atoms with van der Waals surface area (Å²) in [4.78, 5) is 14.5. The first-order valence-corrected chi connectivity index (χ1v) is 14.5. The fraction of sp³-hybridized carbons (Fsp3) is 0.710. The van der Waals surface area contributed by atoms with Gasteiger partial charge in [-0.1, -0.05) is 101 Å². The normalized spacial score (nSPS) is 11.5. The number of carbonyl (C=O) groups is 1. The van der Waals surface area contributed by atoms with Gasteiger partial charge >= 0.3 is 0 Å². The molecule has 0 aromatic heterocycles. The van der Waals surface area contributed by atoms with Crippen molar-refractivity contribution < 1.29 is 9.90 Å². The minimum atomic E-state index is 0.188. The molecule has 0 bridgehead atoms. The molecule has 0 fully saturated rings. The highest BCUT2D eigenvalue weighted by Gasteiger charge is 2.06. The maximum absolute atomic E-state index is 12.1. The Morgan fingerprint density at radius 1 is 0.800 bits per heavy atom. The molecule has 0 spiro atoms. The number of unbranched alkanes of at least 4 members (excludes halogenated alkanes) is 11. The number of hydrogen-bond donors (Lipinski definition) is 2. The van der Waals surface area contributed by atoms with Crippen LogP contribution in [0.4, 0.5) is 0 Å². The monoisotopic (exact) mass is 486 g/mol. The van der Waals surface area contributed by atoms with E-state index >= 15 is 0 Å². The third-order valence-electron chi connectivity index (χ3n) is 6.52. The molecule has 0 saturated carbocycles. The first-order chi connectivity index (χ1) is 17.3. The van der Waals surface area contributed by atoms with E-state index in [0.29, 0.717) is 6.42 Å². The number of benzene rings is 1. The van der Waals surface area contributed by atoms with Gasteiger partial charge in [-0.05, 0) is 50.5 Å². The summed E-state index contributed by atoms with van der Waals surface area (Å²) in [6, 6.07) is 10.4. The van der Waals surface area contributed by atoms with Gasteiger partial charge in [-0.3, -0.25) is 9.69 Å². The Bertz CT molecular complexity index is 618. The van der Waals surface area contributed by atoms with Crippen molar-refractivity contribution in [1.82, 2.24) is 10.2 Å². The molecule has 1 rings (SSSR count). The van der Waals surface area contributed by atoms with Crippen LogP contribution in [0.2, 0.25) is 0 Å². The molecule has 0 aliphatic carbocycles. The Kier molecular flexibility index (Phi) is 21.6. The first-order valence-electron chi connectivity index (χ1n) is 14.5. The van der Waals surface area contributed by atoms with Crippen molar-refractivity contribution in [2.45, 2.75) is 116 Å². The summed E-state index contributed by atoms with van der Waals surface area (Å²) < 4.78 is 0. The zero-order valence-corrected chi connectivity index (χ0v) is 22.7. The standard InChI is InChI=1S/C31H54N2O2/c1-2-3-4-5-6-7-8-9-10-11-12-13-14-15-19-24-31(35)32-25-20-26-33(27-21-28-34)29-30-22-17-16-18-23-30/h9-10,16-18,22-23,34H,2-8,11-15,19-21,24-29H2,1H3,(H,32,35)/b10-9+. The second kappa shape index (κ2) is 24.1. The first kappa shape index (κ1) is 31.4. The lowest BCUT2D eigenvalue weighted by Crippen LogP contribution is -2.30. The van der Waals surface area contributed by atoms with Gasteiger partial charge < -0.3 is 10.4 Å². The molecule has 1 aromatic carbocycles. The van der Waals surface area contributed by atoms with Crippen LogP contribution in [0.15, 0.2) is 42.5 Å². The molecular formula is C31H54N2O2. The van der Waals surface area contributed by atoms with E-state index in [1.165, 1.54) is 76.2 Å². The van der Waals surface area contributed by atoms with E-state index in [0.717, 1.165) is 51.9 Å². The lowest BCUT2D eigenvalue weighted by molar-refractivity contribution is -0.121. The summed E-state index contributed by atoms with van der Waals surface area (Å²) in [7, 11) is 0. The maximum atomic E-state index is 12.1. The minimum absolute atomic E-state index is 0.188. The molecule has 1 aromatic rings. The lowest BCUT2D eigenvalue weighted by atomic mass is 10.1. The van der Waals surface area contributed by atoms with Crippen molar-refractivity contribution in [2.24, 2.45) is 0 Å². The van der Waals surface area contributed by atoms with Crippen LogP contribution in [-0.4, -0.2) is 42.2 Å². The fourth-order valence-electron chi connectivity index (χ4n) is 4.38. The predicted octanol–water partition coefficient (Wildman–Crippen LogP) is 7.41. The van der Waals surface area contributed by atoms with Crippen LogP contribution in [0.1, 0.15) is 115 Å². The zero-order valence-electron chi connectivity index (χ0n) is 22.7. The van der Waals surface area contributed by atoms with Gasteiger partial charge in [0.1, 0.15) is 0 Å². The summed E-state index contributed by atoms with van der Waals surface area (Å²) in [6.07, 6.45) is 23.7. The summed E-state index contributed by atoms with van der Waals surface area (Å²) in [5, 5.41) is 12.3. The lowest BCUT2D eigenvalue weighted by Gasteiger charge is -2.22. The van der Waals surface area contributed by atoms with Gasteiger partial charge in [0.15, 0.2) is 0 Å². The number of allylic oxidation sites excluding steroid dienone is 2. The van der Waals surface area contributed by atoms with Crippen LogP contribution < -0.4 is 5.32 Å². The summed E-state index contributed by atoms with van der Waals surface area (Å²) >= 11 is 0. The molecule has 4 heteroatoms. The van der Waals surface area contributed by atoms with E-state index in [-0.39, 0.29) is 12.5 Å². The Hall–Kier alpha value is -1.65. The van der Waals surface area contributed by atoms with Crippen LogP contribution in [0, 0.1) is 0 Å². The quantitative estimate of drug-likeness (QED) is 0.118. The molecule has 0 aliphatic heterocycles. The smallest absolute Gasteiger partial charge is 0.219 e. The molecule has 0 atom stereocenters. The zero-order chi connectivity index (χ0) is 25.2. The summed E-state index contributed by atoms with van der Waals surface area (Å²) in [6.45, 7) is 5.93. The number of aliphatic hydroxyl groups is 1. The van der Waals surface area contributed by atoms with Crippen LogP contribution in [0.25, 0.3) is 0 Å². The molecule has 0 aliphatic rings. The van der Waals surface area contributed by atoms with E-state index in [1.54, 1.807) is 0 Å². The van der Waals surface area contributed by atoms with Crippen molar-refractivity contribution in [3.63, 3.8) is 0 Å². The molecule has 0 radical (unpaired) electrons. The number of rotatable bonds is 24. The van der Waals surface area contributed by atoms with E-state index in [4.69, 9.17) is 5.11 Å². The number of aliphatic hydroxyl groups excluding tert-OH is 1. The molecule has 0 unspecified atom stereocenters. The highest BCUT2D eigenvalue weighted by atomic mass is 16.3. The van der Waals surface area contributed by atoms with E-state index in [1.807, 2.05) is 6.07 Å². The highest BCUT2D eigenvalue weighted by Crippen LogP contribution is 2.10. The van der Waals surface area contributed by atoms with Crippen molar-refractivity contribution in [3.8, 4) is 0 Å². The number of hydrogen-bond acceptors (Lipinski definition) is 3. The van der Waals surface area contributed by atoms with Gasteiger partial charge in [-0.2, -0.15) is 0 Å². The van der Waals surface area contributed by atoms with Gasteiger partial charge in [-0.25, -0.2) is 0 Å². The van der Waals surface area contributed by atoms with Crippen molar-refractivity contribution in [1.29, 1.82) is 0 Å². The molecule has 0 saturated heterocycles. The number of nitrogens with zero attached hydrogens (tertiary/aromatic N) is 1. The van der Waals surface area contributed by atoms with Crippen molar-refractivity contribution >= 4 is 5.91 Å². The number of nitrogens with one attached hydrogen (secondary N) is 1. The molecular weight excluding hydrogens is 432 g/mol. The van der Waals surface area contributed by atoms with Crippen molar-refractivity contribution in [2.75, 3.05) is 26.2 Å². The molecule has 1 amide bonds. The third kappa shape index (κ3) is 20.3. The average molecular weight is 487 g/mol. The van der Waals surface area contributed by atoms with Gasteiger partial charge in [0.05, 0.1) is 0 Å². The molecule has 4 nitrogen and oxygen atoms in total. The van der Waals surface area contributed by atoms with Gasteiger partial charge in [0, 0.05) is 39.2 Å². The Labute approximate surface area is 216 Å². The third-order valence-corrected chi connectivity index (χ3v) is 6.52. The Balaban J connectivity index is 1.94. The SMILES string of the molecule is CCCCCCCC/C=C/CCCCCCCC(=O)NCCCN(CCCO)Cc1ccccc1. The topological polar surface area (TPSA) is 52.6 Å². The second-order valence-corrected chi connectivity index (χ2v) is 9.88.